The SMILES string of the molecule is C=CC[C@](C)(NC(=O)c1ccccc1)C(=O)O. The number of carboxylic acid groups (broad SMARTS) is 1. The fourth-order valence-electron chi connectivity index (χ4n) is 1.39. The molecule has 2 N–H and O–H groups in total. The maximum atomic E-state index is 11.8. The Labute approximate surface area is 100.0 Å². The zero-order valence-electron chi connectivity index (χ0n) is 9.64. The molecule has 1 amide bonds. The van der Waals surface area contributed by atoms with Crippen molar-refractivity contribution in [2.75, 3.05) is 0 Å². The number of aliphatic carboxylic acids is 1. The summed E-state index contributed by atoms with van der Waals surface area (Å²) in [6.07, 6.45) is 1.64. The molecule has 0 heterocycles. The zero-order valence-corrected chi connectivity index (χ0v) is 9.64. The van der Waals surface area contributed by atoms with Gasteiger partial charge in [-0.25, -0.2) is 4.79 Å². The van der Waals surface area contributed by atoms with E-state index < -0.39 is 17.4 Å². The van der Waals surface area contributed by atoms with Gasteiger partial charge in [0.15, 0.2) is 0 Å². The first kappa shape index (κ1) is 13.0. The summed E-state index contributed by atoms with van der Waals surface area (Å²) in [6, 6.07) is 8.50. The van der Waals surface area contributed by atoms with Gasteiger partial charge in [-0.1, -0.05) is 24.3 Å². The van der Waals surface area contributed by atoms with Crippen LogP contribution in [0.2, 0.25) is 0 Å². The van der Waals surface area contributed by atoms with Crippen molar-refractivity contribution < 1.29 is 14.7 Å². The monoisotopic (exact) mass is 233 g/mol. The van der Waals surface area contributed by atoms with E-state index in [0.29, 0.717) is 5.56 Å². The molecule has 0 aliphatic heterocycles. The lowest BCUT2D eigenvalue weighted by Gasteiger charge is -2.24. The maximum absolute atomic E-state index is 11.8. The van der Waals surface area contributed by atoms with Crippen LogP contribution in [0.15, 0.2) is 43.0 Å². The first-order valence-electron chi connectivity index (χ1n) is 5.21. The van der Waals surface area contributed by atoms with Crippen molar-refractivity contribution in [1.29, 1.82) is 0 Å². The van der Waals surface area contributed by atoms with Crippen LogP contribution >= 0.6 is 0 Å². The zero-order chi connectivity index (χ0) is 12.9. The summed E-state index contributed by atoms with van der Waals surface area (Å²) in [6.45, 7) is 4.95. The molecule has 1 aromatic rings. The highest BCUT2D eigenvalue weighted by Gasteiger charge is 2.33. The van der Waals surface area contributed by atoms with Gasteiger partial charge in [0.2, 0.25) is 0 Å². The second kappa shape index (κ2) is 5.30. The van der Waals surface area contributed by atoms with E-state index in [9.17, 15) is 9.59 Å². The quantitative estimate of drug-likeness (QED) is 0.762. The van der Waals surface area contributed by atoms with E-state index in [1.54, 1.807) is 30.3 Å². The summed E-state index contributed by atoms with van der Waals surface area (Å²) in [5, 5.41) is 11.6. The van der Waals surface area contributed by atoms with Gasteiger partial charge in [-0.15, -0.1) is 6.58 Å². The molecule has 4 heteroatoms. The van der Waals surface area contributed by atoms with Crippen molar-refractivity contribution in [3.05, 3.63) is 48.6 Å². The van der Waals surface area contributed by atoms with Crippen molar-refractivity contribution in [3.63, 3.8) is 0 Å². The van der Waals surface area contributed by atoms with Gasteiger partial charge in [-0.3, -0.25) is 4.79 Å². The molecular weight excluding hydrogens is 218 g/mol. The summed E-state index contributed by atoms with van der Waals surface area (Å²) >= 11 is 0. The molecule has 0 bridgehead atoms. The molecule has 0 unspecified atom stereocenters. The van der Waals surface area contributed by atoms with Crippen molar-refractivity contribution in [2.24, 2.45) is 0 Å². The minimum absolute atomic E-state index is 0.168. The van der Waals surface area contributed by atoms with E-state index in [1.807, 2.05) is 0 Å². The van der Waals surface area contributed by atoms with Gasteiger partial charge in [0, 0.05) is 5.56 Å². The van der Waals surface area contributed by atoms with Gasteiger partial charge in [0.05, 0.1) is 0 Å². The van der Waals surface area contributed by atoms with Crippen molar-refractivity contribution in [3.8, 4) is 0 Å². The Kier molecular flexibility index (Phi) is 4.04. The smallest absolute Gasteiger partial charge is 0.329 e. The van der Waals surface area contributed by atoms with Crippen LogP contribution in [0.1, 0.15) is 23.7 Å². The van der Waals surface area contributed by atoms with E-state index in [2.05, 4.69) is 11.9 Å². The van der Waals surface area contributed by atoms with E-state index >= 15 is 0 Å². The number of carbonyl (C=O) groups is 2. The first-order chi connectivity index (χ1) is 7.99. The number of carboxylic acids is 1. The van der Waals surface area contributed by atoms with Gasteiger partial charge in [-0.05, 0) is 25.5 Å². The Balaban J connectivity index is 2.85. The lowest BCUT2D eigenvalue weighted by molar-refractivity contribution is -0.143. The second-order valence-corrected chi connectivity index (χ2v) is 3.95. The number of nitrogens with one attached hydrogen (secondary N) is 1. The largest absolute Gasteiger partial charge is 0.480 e. The summed E-state index contributed by atoms with van der Waals surface area (Å²) in [5.74, 6) is -1.49. The van der Waals surface area contributed by atoms with E-state index in [-0.39, 0.29) is 6.42 Å². The average Bonchev–Trinajstić information content (AvgIpc) is 2.30. The van der Waals surface area contributed by atoms with Crippen molar-refractivity contribution in [2.45, 2.75) is 18.9 Å². The summed E-state index contributed by atoms with van der Waals surface area (Å²) in [5.41, 5.74) is -0.890. The van der Waals surface area contributed by atoms with Gasteiger partial charge in [0.1, 0.15) is 5.54 Å². The van der Waals surface area contributed by atoms with Crippen LogP contribution in [-0.2, 0) is 4.79 Å². The fraction of sp³-hybridized carbons (Fsp3) is 0.231. The number of rotatable bonds is 5. The minimum Gasteiger partial charge on any atom is -0.480 e. The van der Waals surface area contributed by atoms with Crippen molar-refractivity contribution >= 4 is 11.9 Å². The normalized spacial score (nSPS) is 13.5. The molecule has 4 nitrogen and oxygen atoms in total. The molecule has 1 rings (SSSR count). The number of amides is 1. The third-order valence-corrected chi connectivity index (χ3v) is 2.45. The van der Waals surface area contributed by atoms with Crippen LogP contribution in [-0.4, -0.2) is 22.5 Å². The van der Waals surface area contributed by atoms with Crippen LogP contribution < -0.4 is 5.32 Å². The number of benzene rings is 1. The van der Waals surface area contributed by atoms with E-state index in [1.165, 1.54) is 13.0 Å². The first-order valence-corrected chi connectivity index (χ1v) is 5.21. The van der Waals surface area contributed by atoms with Crippen LogP contribution in [0.3, 0.4) is 0 Å². The van der Waals surface area contributed by atoms with Crippen LogP contribution in [0, 0.1) is 0 Å². The minimum atomic E-state index is -1.32. The lowest BCUT2D eigenvalue weighted by Crippen LogP contribution is -2.51. The molecule has 0 spiro atoms. The molecular formula is C13H15NO3. The number of hydrogen-bond acceptors (Lipinski definition) is 2. The molecule has 17 heavy (non-hydrogen) atoms. The summed E-state index contributed by atoms with van der Waals surface area (Å²) in [4.78, 5) is 22.9. The molecule has 0 aliphatic rings. The Hall–Kier alpha value is -2.10. The van der Waals surface area contributed by atoms with Gasteiger partial charge >= 0.3 is 5.97 Å². The predicted molar refractivity (Wildman–Crippen MR) is 64.8 cm³/mol. The lowest BCUT2D eigenvalue weighted by atomic mass is 9.97. The molecule has 1 aromatic carbocycles. The summed E-state index contributed by atoms with van der Waals surface area (Å²) < 4.78 is 0. The highest BCUT2D eigenvalue weighted by Crippen LogP contribution is 2.12. The van der Waals surface area contributed by atoms with Crippen LogP contribution in [0.4, 0.5) is 0 Å². The third kappa shape index (κ3) is 3.17. The van der Waals surface area contributed by atoms with E-state index in [4.69, 9.17) is 5.11 Å². The number of carbonyl (C=O) groups excluding carboxylic acids is 1. The van der Waals surface area contributed by atoms with Crippen LogP contribution in [0.5, 0.6) is 0 Å². The summed E-state index contributed by atoms with van der Waals surface area (Å²) in [7, 11) is 0. The molecule has 0 fully saturated rings. The predicted octanol–water partition coefficient (Wildman–Crippen LogP) is 1.84. The van der Waals surface area contributed by atoms with E-state index in [0.717, 1.165) is 0 Å². The number of hydrogen-bond donors (Lipinski definition) is 2. The van der Waals surface area contributed by atoms with Crippen LogP contribution in [0.25, 0.3) is 0 Å². The topological polar surface area (TPSA) is 66.4 Å². The fourth-order valence-corrected chi connectivity index (χ4v) is 1.39. The molecule has 90 valence electrons. The Morgan fingerprint density at radius 3 is 2.47 bits per heavy atom. The highest BCUT2D eigenvalue weighted by atomic mass is 16.4. The molecule has 0 saturated heterocycles. The molecule has 0 radical (unpaired) electrons. The molecule has 0 aromatic heterocycles. The average molecular weight is 233 g/mol. The van der Waals surface area contributed by atoms with Gasteiger partial charge in [-0.2, -0.15) is 0 Å². The van der Waals surface area contributed by atoms with Gasteiger partial charge < -0.3 is 10.4 Å². The Bertz CT molecular complexity index is 428. The Morgan fingerprint density at radius 2 is 2.00 bits per heavy atom. The molecule has 0 aliphatic carbocycles. The molecule has 1 atom stereocenters. The molecule has 0 saturated carbocycles. The maximum Gasteiger partial charge on any atom is 0.329 e. The highest BCUT2D eigenvalue weighted by molar-refractivity contribution is 5.97. The standard InChI is InChI=1S/C13H15NO3/c1-3-9-13(2,12(16)17)14-11(15)10-7-5-4-6-8-10/h3-8H,1,9H2,2H3,(H,14,15)(H,16,17)/t13-/m0/s1. The van der Waals surface area contributed by atoms with Crippen molar-refractivity contribution in [1.82, 2.24) is 5.32 Å². The Morgan fingerprint density at radius 1 is 1.41 bits per heavy atom. The third-order valence-electron chi connectivity index (χ3n) is 2.45. The second-order valence-electron chi connectivity index (χ2n) is 3.95. The van der Waals surface area contributed by atoms with Gasteiger partial charge in [0.25, 0.3) is 5.91 Å².